The molecule has 1 aromatic heterocycles. The van der Waals surface area contributed by atoms with Crippen LogP contribution in [0.15, 0.2) is 24.5 Å². The van der Waals surface area contributed by atoms with Gasteiger partial charge in [-0.3, -0.25) is 4.98 Å². The molecule has 1 N–H and O–H groups in total. The SMILES string of the molecule is CCC1(CC)CC(NCCc2cccnc2)CCO1. The Morgan fingerprint density at radius 2 is 2.26 bits per heavy atom. The summed E-state index contributed by atoms with van der Waals surface area (Å²) in [5.74, 6) is 0. The summed E-state index contributed by atoms with van der Waals surface area (Å²) < 4.78 is 6.01. The summed E-state index contributed by atoms with van der Waals surface area (Å²) in [5.41, 5.74) is 1.42. The molecule has 1 aliphatic heterocycles. The molecule has 3 nitrogen and oxygen atoms in total. The highest BCUT2D eigenvalue weighted by atomic mass is 16.5. The Morgan fingerprint density at radius 1 is 1.42 bits per heavy atom. The Morgan fingerprint density at radius 3 is 2.95 bits per heavy atom. The lowest BCUT2D eigenvalue weighted by Crippen LogP contribution is -2.46. The van der Waals surface area contributed by atoms with Crippen molar-refractivity contribution >= 4 is 0 Å². The molecule has 2 heterocycles. The lowest BCUT2D eigenvalue weighted by Gasteiger charge is -2.40. The van der Waals surface area contributed by atoms with Gasteiger partial charge in [0, 0.05) is 25.0 Å². The number of rotatable bonds is 6. The Kier molecular flexibility index (Phi) is 5.34. The molecule has 0 spiro atoms. The molecule has 1 aliphatic rings. The lowest BCUT2D eigenvalue weighted by atomic mass is 9.86. The standard InChI is InChI=1S/C16H26N2O/c1-3-16(4-2)12-15(8-11-19-16)18-10-7-14-6-5-9-17-13-14/h5-6,9,13,15,18H,3-4,7-8,10-12H2,1-2H3. The summed E-state index contributed by atoms with van der Waals surface area (Å²) in [6.07, 6.45) is 9.34. The minimum Gasteiger partial charge on any atom is -0.375 e. The minimum atomic E-state index is 0.115. The van der Waals surface area contributed by atoms with E-state index >= 15 is 0 Å². The second-order valence-electron chi connectivity index (χ2n) is 5.49. The zero-order chi connectivity index (χ0) is 13.6. The van der Waals surface area contributed by atoms with Crippen molar-refractivity contribution in [3.63, 3.8) is 0 Å². The Bertz CT molecular complexity index is 362. The van der Waals surface area contributed by atoms with Crippen LogP contribution in [0.2, 0.25) is 0 Å². The zero-order valence-corrected chi connectivity index (χ0v) is 12.2. The van der Waals surface area contributed by atoms with Crippen LogP contribution < -0.4 is 5.32 Å². The fourth-order valence-corrected chi connectivity index (χ4v) is 2.91. The second-order valence-corrected chi connectivity index (χ2v) is 5.49. The van der Waals surface area contributed by atoms with Gasteiger partial charge in [-0.25, -0.2) is 0 Å². The third-order valence-electron chi connectivity index (χ3n) is 4.35. The van der Waals surface area contributed by atoms with Crippen molar-refractivity contribution in [2.24, 2.45) is 0 Å². The van der Waals surface area contributed by atoms with Crippen LogP contribution >= 0.6 is 0 Å². The van der Waals surface area contributed by atoms with E-state index in [1.807, 2.05) is 18.5 Å². The van der Waals surface area contributed by atoms with E-state index in [9.17, 15) is 0 Å². The average Bonchev–Trinajstić information content (AvgIpc) is 2.48. The predicted molar refractivity (Wildman–Crippen MR) is 78.2 cm³/mol. The van der Waals surface area contributed by atoms with E-state index < -0.39 is 0 Å². The van der Waals surface area contributed by atoms with Crippen molar-refractivity contribution < 1.29 is 4.74 Å². The first-order valence-electron chi connectivity index (χ1n) is 7.54. The molecule has 0 aliphatic carbocycles. The topological polar surface area (TPSA) is 34.2 Å². The number of nitrogens with one attached hydrogen (secondary N) is 1. The maximum Gasteiger partial charge on any atom is 0.0692 e. The largest absolute Gasteiger partial charge is 0.375 e. The van der Waals surface area contributed by atoms with E-state index in [-0.39, 0.29) is 5.60 Å². The molecular weight excluding hydrogens is 236 g/mol. The molecule has 106 valence electrons. The summed E-state index contributed by atoms with van der Waals surface area (Å²) in [4.78, 5) is 4.15. The average molecular weight is 262 g/mol. The zero-order valence-electron chi connectivity index (χ0n) is 12.2. The summed E-state index contributed by atoms with van der Waals surface area (Å²) >= 11 is 0. The van der Waals surface area contributed by atoms with Gasteiger partial charge in [0.15, 0.2) is 0 Å². The number of nitrogens with zero attached hydrogens (tertiary/aromatic N) is 1. The molecule has 1 aromatic rings. The second kappa shape index (κ2) is 7.01. The van der Waals surface area contributed by atoms with E-state index in [0.717, 1.165) is 45.3 Å². The third-order valence-corrected chi connectivity index (χ3v) is 4.35. The highest BCUT2D eigenvalue weighted by Crippen LogP contribution is 2.31. The molecule has 0 aromatic carbocycles. The van der Waals surface area contributed by atoms with E-state index in [0.29, 0.717) is 6.04 Å². The van der Waals surface area contributed by atoms with Gasteiger partial charge in [-0.2, -0.15) is 0 Å². The molecule has 1 saturated heterocycles. The van der Waals surface area contributed by atoms with Gasteiger partial charge in [-0.05, 0) is 50.3 Å². The van der Waals surface area contributed by atoms with Gasteiger partial charge in [0.1, 0.15) is 0 Å². The first-order valence-corrected chi connectivity index (χ1v) is 7.54. The highest BCUT2D eigenvalue weighted by Gasteiger charge is 2.33. The van der Waals surface area contributed by atoms with E-state index in [1.165, 1.54) is 5.56 Å². The van der Waals surface area contributed by atoms with Crippen LogP contribution in [-0.2, 0) is 11.2 Å². The van der Waals surface area contributed by atoms with Gasteiger partial charge in [-0.15, -0.1) is 0 Å². The van der Waals surface area contributed by atoms with Crippen LogP contribution in [0.4, 0.5) is 0 Å². The molecule has 1 unspecified atom stereocenters. The van der Waals surface area contributed by atoms with Crippen LogP contribution in [0.1, 0.15) is 45.1 Å². The van der Waals surface area contributed by atoms with Crippen molar-refractivity contribution in [3.05, 3.63) is 30.1 Å². The van der Waals surface area contributed by atoms with Gasteiger partial charge in [0.25, 0.3) is 0 Å². The van der Waals surface area contributed by atoms with Crippen molar-refractivity contribution in [2.75, 3.05) is 13.2 Å². The molecule has 0 amide bonds. The summed E-state index contributed by atoms with van der Waals surface area (Å²) in [6.45, 7) is 6.40. The maximum absolute atomic E-state index is 6.01. The van der Waals surface area contributed by atoms with Crippen LogP contribution in [-0.4, -0.2) is 29.8 Å². The summed E-state index contributed by atoms with van der Waals surface area (Å²) in [6, 6.07) is 4.75. The van der Waals surface area contributed by atoms with E-state index in [2.05, 4.69) is 30.2 Å². The molecule has 2 rings (SSSR count). The number of aromatic nitrogens is 1. The normalized spacial score (nSPS) is 22.3. The van der Waals surface area contributed by atoms with Crippen LogP contribution in [0.3, 0.4) is 0 Å². The van der Waals surface area contributed by atoms with Crippen molar-refractivity contribution in [2.45, 2.75) is 57.6 Å². The number of hydrogen-bond acceptors (Lipinski definition) is 3. The molecule has 3 heteroatoms. The van der Waals surface area contributed by atoms with Gasteiger partial charge >= 0.3 is 0 Å². The Hall–Kier alpha value is -0.930. The predicted octanol–water partition coefficient (Wildman–Crippen LogP) is 2.95. The van der Waals surface area contributed by atoms with Crippen LogP contribution in [0, 0.1) is 0 Å². The smallest absolute Gasteiger partial charge is 0.0692 e. The lowest BCUT2D eigenvalue weighted by molar-refractivity contribution is -0.0929. The third kappa shape index (κ3) is 4.02. The van der Waals surface area contributed by atoms with Crippen LogP contribution in [0.5, 0.6) is 0 Å². The van der Waals surface area contributed by atoms with Gasteiger partial charge in [0.05, 0.1) is 5.60 Å². The first kappa shape index (κ1) is 14.5. The van der Waals surface area contributed by atoms with Crippen molar-refractivity contribution in [3.8, 4) is 0 Å². The highest BCUT2D eigenvalue weighted by molar-refractivity contribution is 5.08. The fourth-order valence-electron chi connectivity index (χ4n) is 2.91. The molecule has 0 radical (unpaired) electrons. The first-order chi connectivity index (χ1) is 9.28. The molecule has 1 atom stereocenters. The van der Waals surface area contributed by atoms with Gasteiger partial charge in [0.2, 0.25) is 0 Å². The van der Waals surface area contributed by atoms with Crippen molar-refractivity contribution in [1.82, 2.24) is 10.3 Å². The van der Waals surface area contributed by atoms with Gasteiger partial charge in [-0.1, -0.05) is 19.9 Å². The molecule has 1 fully saturated rings. The minimum absolute atomic E-state index is 0.115. The summed E-state index contributed by atoms with van der Waals surface area (Å²) in [5, 5.41) is 3.69. The molecule has 19 heavy (non-hydrogen) atoms. The quantitative estimate of drug-likeness (QED) is 0.856. The number of hydrogen-bond donors (Lipinski definition) is 1. The van der Waals surface area contributed by atoms with Gasteiger partial charge < -0.3 is 10.1 Å². The number of ether oxygens (including phenoxy) is 1. The molecule has 0 saturated carbocycles. The molecular formula is C16H26N2O. The van der Waals surface area contributed by atoms with Crippen LogP contribution in [0.25, 0.3) is 0 Å². The Balaban J connectivity index is 1.77. The Labute approximate surface area is 116 Å². The monoisotopic (exact) mass is 262 g/mol. The van der Waals surface area contributed by atoms with E-state index in [1.54, 1.807) is 0 Å². The summed E-state index contributed by atoms with van der Waals surface area (Å²) in [7, 11) is 0. The fraction of sp³-hybridized carbons (Fsp3) is 0.688. The maximum atomic E-state index is 6.01. The molecule has 0 bridgehead atoms. The van der Waals surface area contributed by atoms with Crippen molar-refractivity contribution in [1.29, 1.82) is 0 Å². The van der Waals surface area contributed by atoms with E-state index in [4.69, 9.17) is 4.74 Å². The number of pyridine rings is 1.